The molecule has 0 atom stereocenters. The molecule has 0 aliphatic heterocycles. The van der Waals surface area contributed by atoms with Gasteiger partial charge in [0.05, 0.1) is 19.8 Å². The molecule has 0 bridgehead atoms. The Bertz CT molecular complexity index is 607. The van der Waals surface area contributed by atoms with Gasteiger partial charge < -0.3 is 14.8 Å². The van der Waals surface area contributed by atoms with Crippen molar-refractivity contribution in [1.82, 2.24) is 15.0 Å². The van der Waals surface area contributed by atoms with Crippen LogP contribution in [0.4, 0.5) is 5.95 Å². The molecule has 0 spiro atoms. The molecule has 2 rings (SSSR count). The molecule has 106 valence electrons. The highest BCUT2D eigenvalue weighted by molar-refractivity contribution is 5.69. The van der Waals surface area contributed by atoms with Gasteiger partial charge in [0, 0.05) is 7.05 Å². The molecule has 2 aromatic rings. The predicted molar refractivity (Wildman–Crippen MR) is 77.4 cm³/mol. The fraction of sp³-hybridized carbons (Fsp3) is 0.357. The zero-order valence-electron chi connectivity index (χ0n) is 12.3. The van der Waals surface area contributed by atoms with E-state index >= 15 is 0 Å². The van der Waals surface area contributed by atoms with Crippen LogP contribution < -0.4 is 14.8 Å². The Hall–Kier alpha value is -2.37. The molecular weight excluding hydrogens is 256 g/mol. The maximum Gasteiger partial charge on any atom is 0.321 e. The van der Waals surface area contributed by atoms with Gasteiger partial charge in [-0.2, -0.15) is 15.0 Å². The van der Waals surface area contributed by atoms with Gasteiger partial charge in [0.2, 0.25) is 5.95 Å². The number of anilines is 1. The maximum atomic E-state index is 5.45. The van der Waals surface area contributed by atoms with Crippen molar-refractivity contribution in [3.05, 3.63) is 23.3 Å². The lowest BCUT2D eigenvalue weighted by molar-refractivity contribution is 0.379. The Morgan fingerprint density at radius 3 is 2.35 bits per heavy atom. The third-order valence-corrected chi connectivity index (χ3v) is 2.91. The summed E-state index contributed by atoms with van der Waals surface area (Å²) in [5.74, 6) is 1.71. The first-order valence-electron chi connectivity index (χ1n) is 6.22. The van der Waals surface area contributed by atoms with E-state index in [1.165, 1.54) is 7.11 Å². The van der Waals surface area contributed by atoms with Gasteiger partial charge in [-0.05, 0) is 31.0 Å². The highest BCUT2D eigenvalue weighted by atomic mass is 16.5. The first-order valence-corrected chi connectivity index (χ1v) is 6.22. The minimum Gasteiger partial charge on any atom is -0.496 e. The van der Waals surface area contributed by atoms with Crippen molar-refractivity contribution in [2.24, 2.45) is 0 Å². The highest BCUT2D eigenvalue weighted by Crippen LogP contribution is 2.33. The topological polar surface area (TPSA) is 69.2 Å². The zero-order valence-corrected chi connectivity index (χ0v) is 12.3. The highest BCUT2D eigenvalue weighted by Gasteiger charge is 2.15. The lowest BCUT2D eigenvalue weighted by atomic mass is 10.0. The van der Waals surface area contributed by atoms with E-state index in [1.807, 2.05) is 19.9 Å². The van der Waals surface area contributed by atoms with E-state index < -0.39 is 0 Å². The normalized spacial score (nSPS) is 10.2. The summed E-state index contributed by atoms with van der Waals surface area (Å²) in [4.78, 5) is 12.8. The monoisotopic (exact) mass is 274 g/mol. The Balaban J connectivity index is 2.67. The van der Waals surface area contributed by atoms with Crippen LogP contribution in [0.3, 0.4) is 0 Å². The number of aromatic nitrogens is 3. The number of benzene rings is 1. The molecule has 1 aromatic carbocycles. The summed E-state index contributed by atoms with van der Waals surface area (Å²) in [7, 11) is 4.91. The van der Waals surface area contributed by atoms with Gasteiger partial charge in [0.1, 0.15) is 5.75 Å². The van der Waals surface area contributed by atoms with Crippen LogP contribution in [0, 0.1) is 13.8 Å². The Kier molecular flexibility index (Phi) is 4.02. The maximum absolute atomic E-state index is 5.45. The van der Waals surface area contributed by atoms with E-state index in [0.717, 1.165) is 22.4 Å². The summed E-state index contributed by atoms with van der Waals surface area (Å²) < 4.78 is 10.6. The molecule has 0 fully saturated rings. The molecule has 1 N–H and O–H groups in total. The Labute approximate surface area is 118 Å². The standard InChI is InChI=1S/C14H18N4O2/c1-8-6-9(2)11(10(7-8)19-4)12-16-13(15-3)18-14(17-12)20-5/h6-7H,1-5H3,(H,15,16,17,18). The van der Waals surface area contributed by atoms with E-state index in [1.54, 1.807) is 14.2 Å². The predicted octanol–water partition coefficient (Wildman–Crippen LogP) is 2.21. The number of aryl methyl sites for hydroxylation is 2. The molecule has 1 aromatic heterocycles. The van der Waals surface area contributed by atoms with Crippen molar-refractivity contribution in [3.63, 3.8) is 0 Å². The van der Waals surface area contributed by atoms with E-state index in [0.29, 0.717) is 11.8 Å². The first kappa shape index (κ1) is 14.0. The Morgan fingerprint density at radius 1 is 1.00 bits per heavy atom. The quantitative estimate of drug-likeness (QED) is 0.922. The van der Waals surface area contributed by atoms with Crippen LogP contribution in [0.25, 0.3) is 11.4 Å². The molecule has 0 saturated heterocycles. The lowest BCUT2D eigenvalue weighted by Gasteiger charge is -2.13. The summed E-state index contributed by atoms with van der Waals surface area (Å²) in [5, 5.41) is 2.90. The third kappa shape index (κ3) is 2.64. The number of nitrogens with one attached hydrogen (secondary N) is 1. The summed E-state index contributed by atoms with van der Waals surface area (Å²) >= 11 is 0. The van der Waals surface area contributed by atoms with Crippen molar-refractivity contribution in [2.45, 2.75) is 13.8 Å². The van der Waals surface area contributed by atoms with Crippen molar-refractivity contribution in [1.29, 1.82) is 0 Å². The number of nitrogens with zero attached hydrogens (tertiary/aromatic N) is 3. The largest absolute Gasteiger partial charge is 0.496 e. The van der Waals surface area contributed by atoms with Gasteiger partial charge in [-0.3, -0.25) is 0 Å². The van der Waals surface area contributed by atoms with Crippen LogP contribution in [-0.4, -0.2) is 36.2 Å². The van der Waals surface area contributed by atoms with Crippen LogP contribution in [0.2, 0.25) is 0 Å². The van der Waals surface area contributed by atoms with Gasteiger partial charge in [0.25, 0.3) is 0 Å². The second kappa shape index (κ2) is 5.73. The van der Waals surface area contributed by atoms with Gasteiger partial charge in [-0.1, -0.05) is 6.07 Å². The number of ether oxygens (including phenoxy) is 2. The van der Waals surface area contributed by atoms with E-state index in [-0.39, 0.29) is 6.01 Å². The van der Waals surface area contributed by atoms with Gasteiger partial charge in [0.15, 0.2) is 5.82 Å². The minimum absolute atomic E-state index is 0.265. The average molecular weight is 274 g/mol. The number of methoxy groups -OCH3 is 2. The van der Waals surface area contributed by atoms with Crippen molar-refractivity contribution >= 4 is 5.95 Å². The lowest BCUT2D eigenvalue weighted by Crippen LogP contribution is -2.04. The summed E-state index contributed by atoms with van der Waals surface area (Å²) in [6, 6.07) is 4.28. The van der Waals surface area contributed by atoms with Gasteiger partial charge in [-0.15, -0.1) is 0 Å². The smallest absolute Gasteiger partial charge is 0.321 e. The van der Waals surface area contributed by atoms with Crippen molar-refractivity contribution in [3.8, 4) is 23.1 Å². The van der Waals surface area contributed by atoms with Gasteiger partial charge >= 0.3 is 6.01 Å². The third-order valence-electron chi connectivity index (χ3n) is 2.91. The number of rotatable bonds is 4. The molecule has 0 aliphatic carbocycles. The second-order valence-electron chi connectivity index (χ2n) is 4.38. The molecule has 0 amide bonds. The molecule has 20 heavy (non-hydrogen) atoms. The second-order valence-corrected chi connectivity index (χ2v) is 4.38. The molecule has 1 heterocycles. The molecule has 6 nitrogen and oxygen atoms in total. The SMILES string of the molecule is CNc1nc(OC)nc(-c2c(C)cc(C)cc2OC)n1. The molecule has 6 heteroatoms. The summed E-state index contributed by atoms with van der Waals surface area (Å²) in [5.41, 5.74) is 3.01. The van der Waals surface area contributed by atoms with E-state index in [4.69, 9.17) is 9.47 Å². The molecule has 0 radical (unpaired) electrons. The van der Waals surface area contributed by atoms with Crippen molar-refractivity contribution in [2.75, 3.05) is 26.6 Å². The van der Waals surface area contributed by atoms with Gasteiger partial charge in [-0.25, -0.2) is 0 Å². The van der Waals surface area contributed by atoms with Crippen LogP contribution in [0.15, 0.2) is 12.1 Å². The van der Waals surface area contributed by atoms with Crippen LogP contribution in [0.5, 0.6) is 11.8 Å². The number of hydrogen-bond donors (Lipinski definition) is 1. The first-order chi connectivity index (χ1) is 9.58. The minimum atomic E-state index is 0.265. The fourth-order valence-electron chi connectivity index (χ4n) is 2.05. The number of hydrogen-bond acceptors (Lipinski definition) is 6. The van der Waals surface area contributed by atoms with Crippen molar-refractivity contribution < 1.29 is 9.47 Å². The Morgan fingerprint density at radius 2 is 1.75 bits per heavy atom. The molecule has 0 saturated carbocycles. The summed E-state index contributed by atoms with van der Waals surface area (Å²) in [6.45, 7) is 4.02. The van der Waals surface area contributed by atoms with Crippen LogP contribution in [0.1, 0.15) is 11.1 Å². The fourth-order valence-corrected chi connectivity index (χ4v) is 2.05. The zero-order chi connectivity index (χ0) is 14.7. The van der Waals surface area contributed by atoms with E-state index in [2.05, 4.69) is 26.3 Å². The molecule has 0 aliphatic rings. The summed E-state index contributed by atoms with van der Waals surface area (Å²) in [6.07, 6.45) is 0. The van der Waals surface area contributed by atoms with Crippen LogP contribution in [-0.2, 0) is 0 Å². The van der Waals surface area contributed by atoms with E-state index in [9.17, 15) is 0 Å². The average Bonchev–Trinajstić information content (AvgIpc) is 2.45. The molecule has 0 unspecified atom stereocenters. The van der Waals surface area contributed by atoms with Crippen LogP contribution >= 0.6 is 0 Å². The molecular formula is C14H18N4O2.